The number of rotatable bonds is 3. The van der Waals surface area contributed by atoms with Crippen LogP contribution in [-0.2, 0) is 9.53 Å². The summed E-state index contributed by atoms with van der Waals surface area (Å²) in [5, 5.41) is 3.56. The van der Waals surface area contributed by atoms with E-state index in [9.17, 15) is 4.79 Å². The second-order valence-electron chi connectivity index (χ2n) is 5.81. The molecular formula is C17H21NO2. The van der Waals surface area contributed by atoms with Crippen LogP contribution >= 0.6 is 0 Å². The molecular weight excluding hydrogens is 250 g/mol. The highest BCUT2D eigenvalue weighted by molar-refractivity contribution is 5.75. The molecule has 0 radical (unpaired) electrons. The Morgan fingerprint density at radius 3 is 2.75 bits per heavy atom. The number of nitrogens with one attached hydrogen (secondary N) is 1. The smallest absolute Gasteiger partial charge is 0.310 e. The van der Waals surface area contributed by atoms with Crippen molar-refractivity contribution in [3.05, 3.63) is 42.0 Å². The maximum Gasteiger partial charge on any atom is 0.310 e. The zero-order chi connectivity index (χ0) is 14.1. The molecule has 2 bridgehead atoms. The molecule has 0 saturated carbocycles. The highest BCUT2D eigenvalue weighted by Gasteiger charge is 2.46. The van der Waals surface area contributed by atoms with E-state index < -0.39 is 0 Å². The zero-order valence-electron chi connectivity index (χ0n) is 11.8. The maximum atomic E-state index is 12.2. The third kappa shape index (κ3) is 2.27. The fourth-order valence-corrected chi connectivity index (χ4v) is 3.74. The van der Waals surface area contributed by atoms with Crippen LogP contribution in [0.2, 0.25) is 0 Å². The van der Waals surface area contributed by atoms with Crippen LogP contribution in [0.4, 0.5) is 0 Å². The van der Waals surface area contributed by atoms with Crippen molar-refractivity contribution in [2.24, 2.45) is 5.92 Å². The van der Waals surface area contributed by atoms with Gasteiger partial charge in [0.05, 0.1) is 13.0 Å². The Morgan fingerprint density at radius 2 is 2.10 bits per heavy atom. The lowest BCUT2D eigenvalue weighted by molar-refractivity contribution is -0.148. The molecule has 2 fully saturated rings. The van der Waals surface area contributed by atoms with E-state index in [0.29, 0.717) is 6.04 Å². The van der Waals surface area contributed by atoms with Gasteiger partial charge in [-0.1, -0.05) is 36.9 Å². The van der Waals surface area contributed by atoms with Gasteiger partial charge < -0.3 is 10.1 Å². The van der Waals surface area contributed by atoms with E-state index in [4.69, 9.17) is 4.74 Å². The molecule has 3 rings (SSSR count). The Bertz CT molecular complexity index is 508. The van der Waals surface area contributed by atoms with Crippen molar-refractivity contribution in [1.82, 2.24) is 5.32 Å². The number of methoxy groups -OCH3 is 1. The first-order valence-electron chi connectivity index (χ1n) is 7.29. The van der Waals surface area contributed by atoms with Crippen molar-refractivity contribution in [1.29, 1.82) is 0 Å². The second-order valence-corrected chi connectivity index (χ2v) is 5.81. The van der Waals surface area contributed by atoms with Crippen molar-refractivity contribution in [3.8, 4) is 0 Å². The number of ether oxygens (including phenoxy) is 1. The van der Waals surface area contributed by atoms with Gasteiger partial charge in [-0.2, -0.15) is 0 Å². The molecule has 1 aromatic carbocycles. The standard InChI is InChI=1S/C17H21NO2/c1-3-11-4-6-12(7-5-11)14-10-13-8-9-15(18-13)16(14)17(19)20-2/h3-7,13-16,18H,1,8-10H2,2H3/t13-,14+,15+,16-/m0/s1. The highest BCUT2D eigenvalue weighted by Crippen LogP contribution is 2.42. The molecule has 3 nitrogen and oxygen atoms in total. The van der Waals surface area contributed by atoms with Crippen molar-refractivity contribution >= 4 is 12.0 Å². The average Bonchev–Trinajstić information content (AvgIpc) is 2.88. The Kier molecular flexibility index (Phi) is 3.62. The molecule has 1 N–H and O–H groups in total. The van der Waals surface area contributed by atoms with Gasteiger partial charge >= 0.3 is 5.97 Å². The monoisotopic (exact) mass is 271 g/mol. The van der Waals surface area contributed by atoms with Gasteiger partial charge in [0.25, 0.3) is 0 Å². The lowest BCUT2D eigenvalue weighted by Gasteiger charge is -2.36. The quantitative estimate of drug-likeness (QED) is 0.859. The van der Waals surface area contributed by atoms with Crippen LogP contribution in [0.5, 0.6) is 0 Å². The molecule has 2 aliphatic rings. The molecule has 2 aliphatic heterocycles. The number of benzene rings is 1. The first-order valence-corrected chi connectivity index (χ1v) is 7.29. The van der Waals surface area contributed by atoms with Crippen LogP contribution in [0.1, 0.15) is 36.3 Å². The Morgan fingerprint density at radius 1 is 1.35 bits per heavy atom. The van der Waals surface area contributed by atoms with Gasteiger partial charge in [-0.05, 0) is 30.4 Å². The van der Waals surface area contributed by atoms with E-state index in [-0.39, 0.29) is 23.8 Å². The topological polar surface area (TPSA) is 38.3 Å². The maximum absolute atomic E-state index is 12.2. The Hall–Kier alpha value is -1.61. The minimum atomic E-state index is -0.0827. The molecule has 20 heavy (non-hydrogen) atoms. The van der Waals surface area contributed by atoms with Gasteiger partial charge in [-0.3, -0.25) is 4.79 Å². The largest absolute Gasteiger partial charge is 0.469 e. The van der Waals surface area contributed by atoms with Crippen LogP contribution < -0.4 is 5.32 Å². The minimum absolute atomic E-state index is 0.0617. The number of hydrogen-bond donors (Lipinski definition) is 1. The molecule has 1 aromatic rings. The molecule has 0 aliphatic carbocycles. The lowest BCUT2D eigenvalue weighted by atomic mass is 9.77. The first kappa shape index (κ1) is 13.4. The summed E-state index contributed by atoms with van der Waals surface area (Å²) in [6.07, 6.45) is 5.10. The van der Waals surface area contributed by atoms with Crippen LogP contribution in [0.3, 0.4) is 0 Å². The first-order chi connectivity index (χ1) is 9.72. The number of carbonyl (C=O) groups is 1. The fourth-order valence-electron chi connectivity index (χ4n) is 3.74. The van der Waals surface area contributed by atoms with Crippen LogP contribution in [0, 0.1) is 5.92 Å². The molecule has 2 saturated heterocycles. The van der Waals surface area contributed by atoms with Crippen LogP contribution in [-0.4, -0.2) is 25.2 Å². The van der Waals surface area contributed by atoms with E-state index >= 15 is 0 Å². The van der Waals surface area contributed by atoms with Crippen molar-refractivity contribution in [2.45, 2.75) is 37.3 Å². The predicted molar refractivity (Wildman–Crippen MR) is 79.3 cm³/mol. The molecule has 0 aromatic heterocycles. The summed E-state index contributed by atoms with van der Waals surface area (Å²) in [4.78, 5) is 12.2. The van der Waals surface area contributed by atoms with Gasteiger partial charge in [0.15, 0.2) is 0 Å². The summed E-state index contributed by atoms with van der Waals surface area (Å²) >= 11 is 0. The predicted octanol–water partition coefficient (Wildman–Crippen LogP) is 2.73. The molecule has 0 unspecified atom stereocenters. The second kappa shape index (κ2) is 5.41. The molecule has 0 amide bonds. The van der Waals surface area contributed by atoms with Crippen molar-refractivity contribution < 1.29 is 9.53 Å². The third-order valence-electron chi connectivity index (χ3n) is 4.76. The van der Waals surface area contributed by atoms with Crippen molar-refractivity contribution in [2.75, 3.05) is 7.11 Å². The van der Waals surface area contributed by atoms with Gasteiger partial charge in [0, 0.05) is 18.0 Å². The molecule has 0 spiro atoms. The molecule has 3 heteroatoms. The van der Waals surface area contributed by atoms with Gasteiger partial charge in [-0.25, -0.2) is 0 Å². The highest BCUT2D eigenvalue weighted by atomic mass is 16.5. The molecule has 106 valence electrons. The average molecular weight is 271 g/mol. The van der Waals surface area contributed by atoms with E-state index in [1.54, 1.807) is 0 Å². The van der Waals surface area contributed by atoms with Gasteiger partial charge in [0.1, 0.15) is 0 Å². The number of carbonyl (C=O) groups excluding carboxylic acids is 1. The van der Waals surface area contributed by atoms with Crippen LogP contribution in [0.15, 0.2) is 30.8 Å². The van der Waals surface area contributed by atoms with Crippen LogP contribution in [0.25, 0.3) is 6.08 Å². The molecule has 2 heterocycles. The van der Waals surface area contributed by atoms with Gasteiger partial charge in [-0.15, -0.1) is 0 Å². The summed E-state index contributed by atoms with van der Waals surface area (Å²) in [5.74, 6) is 0.119. The minimum Gasteiger partial charge on any atom is -0.469 e. The zero-order valence-corrected chi connectivity index (χ0v) is 11.8. The Labute approximate surface area is 120 Å². The van der Waals surface area contributed by atoms with E-state index in [1.165, 1.54) is 19.1 Å². The van der Waals surface area contributed by atoms with E-state index in [1.807, 2.05) is 6.08 Å². The summed E-state index contributed by atoms with van der Waals surface area (Å²) in [7, 11) is 1.49. The summed E-state index contributed by atoms with van der Waals surface area (Å²) in [6.45, 7) is 3.78. The lowest BCUT2D eigenvalue weighted by Crippen LogP contribution is -2.48. The summed E-state index contributed by atoms with van der Waals surface area (Å²) in [5.41, 5.74) is 2.35. The van der Waals surface area contributed by atoms with Crippen molar-refractivity contribution in [3.63, 3.8) is 0 Å². The summed E-state index contributed by atoms with van der Waals surface area (Å²) < 4.78 is 5.04. The summed E-state index contributed by atoms with van der Waals surface area (Å²) in [6, 6.07) is 9.21. The van der Waals surface area contributed by atoms with E-state index in [0.717, 1.165) is 18.4 Å². The van der Waals surface area contributed by atoms with E-state index in [2.05, 4.69) is 36.2 Å². The number of esters is 1. The SMILES string of the molecule is C=Cc1ccc([C@H]2C[C@@H]3CC[C@@H](N3)[C@H]2C(=O)OC)cc1. The Balaban J connectivity index is 1.91. The van der Waals surface area contributed by atoms with Gasteiger partial charge in [0.2, 0.25) is 0 Å². The fraction of sp³-hybridized carbons (Fsp3) is 0.471. The normalized spacial score (nSPS) is 31.9. The number of hydrogen-bond acceptors (Lipinski definition) is 3. The molecule has 4 atom stereocenters. The number of fused-ring (bicyclic) bond motifs is 2. The number of piperidine rings is 1. The third-order valence-corrected chi connectivity index (χ3v) is 4.76.